The molecule has 1 aromatic rings. The van der Waals surface area contributed by atoms with Gasteiger partial charge in [-0.15, -0.1) is 11.3 Å². The van der Waals surface area contributed by atoms with Crippen LogP contribution in [0, 0.1) is 5.92 Å². The third-order valence-electron chi connectivity index (χ3n) is 5.74. The molecular weight excluding hydrogens is 378 g/mol. The fraction of sp³-hybridized carbons (Fsp3) is 0.783. The number of hydrogen-bond acceptors (Lipinski definition) is 4. The van der Waals surface area contributed by atoms with E-state index in [4.69, 9.17) is 4.99 Å². The number of likely N-dealkylation sites (tertiary alicyclic amines) is 1. The Balaban J connectivity index is 1.75. The van der Waals surface area contributed by atoms with Crippen molar-refractivity contribution in [3.63, 3.8) is 0 Å². The van der Waals surface area contributed by atoms with Crippen LogP contribution in [-0.4, -0.2) is 69.6 Å². The van der Waals surface area contributed by atoms with Gasteiger partial charge in [-0.1, -0.05) is 25.3 Å². The number of rotatable bonds is 12. The van der Waals surface area contributed by atoms with Gasteiger partial charge in [0.1, 0.15) is 0 Å². The quantitative estimate of drug-likeness (QED) is 0.302. The Morgan fingerprint density at radius 3 is 2.72 bits per heavy atom. The predicted octanol–water partition coefficient (Wildman–Crippen LogP) is 4.20. The fourth-order valence-corrected chi connectivity index (χ4v) is 5.18. The summed E-state index contributed by atoms with van der Waals surface area (Å²) in [5.41, 5.74) is 0. The third kappa shape index (κ3) is 9.06. The van der Waals surface area contributed by atoms with Gasteiger partial charge in [-0.25, -0.2) is 0 Å². The molecule has 0 amide bonds. The van der Waals surface area contributed by atoms with Crippen LogP contribution < -0.4 is 10.6 Å². The summed E-state index contributed by atoms with van der Waals surface area (Å²) in [4.78, 5) is 11.2. The molecule has 0 aliphatic carbocycles. The maximum atomic E-state index is 4.97. The van der Waals surface area contributed by atoms with Gasteiger partial charge in [-0.2, -0.15) is 0 Å². The molecule has 6 heteroatoms. The number of unbranched alkanes of at least 4 members (excludes halogenated alkanes) is 4. The standard InChI is InChI=1S/C23H43N5S/c1-5-24-23(25-15-9-7-6-8-10-16-27(2)3)26-19-20-13-11-17-28(4)22(20)21-14-12-18-29-21/h12,14,18,20,22H,5-11,13,15-17,19H2,1-4H3,(H2,24,25,26). The molecule has 0 saturated carbocycles. The molecule has 2 unspecified atom stereocenters. The first-order valence-electron chi connectivity index (χ1n) is 11.5. The van der Waals surface area contributed by atoms with E-state index in [-0.39, 0.29) is 0 Å². The van der Waals surface area contributed by atoms with Crippen LogP contribution in [0.15, 0.2) is 22.5 Å². The van der Waals surface area contributed by atoms with E-state index in [0.29, 0.717) is 12.0 Å². The Labute approximate surface area is 183 Å². The summed E-state index contributed by atoms with van der Waals surface area (Å²) >= 11 is 1.88. The molecule has 1 saturated heterocycles. The van der Waals surface area contributed by atoms with Crippen molar-refractivity contribution in [2.45, 2.75) is 57.9 Å². The Hall–Kier alpha value is -1.11. The largest absolute Gasteiger partial charge is 0.357 e. The molecule has 2 heterocycles. The van der Waals surface area contributed by atoms with Crippen LogP contribution in [0.25, 0.3) is 0 Å². The summed E-state index contributed by atoms with van der Waals surface area (Å²) < 4.78 is 0. The van der Waals surface area contributed by atoms with Crippen molar-refractivity contribution in [1.82, 2.24) is 20.4 Å². The third-order valence-corrected chi connectivity index (χ3v) is 6.69. The average molecular weight is 422 g/mol. The Morgan fingerprint density at radius 2 is 2.00 bits per heavy atom. The van der Waals surface area contributed by atoms with E-state index < -0.39 is 0 Å². The highest BCUT2D eigenvalue weighted by Crippen LogP contribution is 2.37. The number of piperidine rings is 1. The summed E-state index contributed by atoms with van der Waals surface area (Å²) in [5, 5.41) is 9.18. The molecule has 2 rings (SSSR count). The molecular formula is C23H43N5S. The van der Waals surface area contributed by atoms with Crippen molar-refractivity contribution in [2.24, 2.45) is 10.9 Å². The van der Waals surface area contributed by atoms with Crippen LogP contribution in [0.4, 0.5) is 0 Å². The van der Waals surface area contributed by atoms with E-state index in [2.05, 4.69) is 66.0 Å². The van der Waals surface area contributed by atoms with Gasteiger partial charge in [-0.3, -0.25) is 9.89 Å². The highest BCUT2D eigenvalue weighted by atomic mass is 32.1. The molecule has 5 nitrogen and oxygen atoms in total. The van der Waals surface area contributed by atoms with Crippen molar-refractivity contribution >= 4 is 17.3 Å². The fourth-order valence-electron chi connectivity index (χ4n) is 4.20. The summed E-state index contributed by atoms with van der Waals surface area (Å²) in [6, 6.07) is 4.97. The van der Waals surface area contributed by atoms with Crippen molar-refractivity contribution in [3.05, 3.63) is 22.4 Å². The van der Waals surface area contributed by atoms with Gasteiger partial charge in [0.25, 0.3) is 0 Å². The SMILES string of the molecule is CCNC(=NCC1CCCN(C)C1c1cccs1)NCCCCCCCN(C)C. The smallest absolute Gasteiger partial charge is 0.191 e. The molecule has 1 aliphatic rings. The maximum Gasteiger partial charge on any atom is 0.191 e. The van der Waals surface area contributed by atoms with Crippen LogP contribution in [0.1, 0.15) is 62.8 Å². The molecule has 0 spiro atoms. The molecule has 1 aliphatic heterocycles. The van der Waals surface area contributed by atoms with Gasteiger partial charge in [-0.05, 0) is 84.2 Å². The van der Waals surface area contributed by atoms with Crippen molar-refractivity contribution in [1.29, 1.82) is 0 Å². The number of aliphatic imine (C=N–C) groups is 1. The minimum Gasteiger partial charge on any atom is -0.357 e. The monoisotopic (exact) mass is 421 g/mol. The summed E-state index contributed by atoms with van der Waals surface area (Å²) in [6.45, 7) is 7.36. The highest BCUT2D eigenvalue weighted by Gasteiger charge is 2.31. The number of nitrogens with zero attached hydrogens (tertiary/aromatic N) is 3. The number of nitrogens with one attached hydrogen (secondary N) is 2. The van der Waals surface area contributed by atoms with E-state index in [0.717, 1.165) is 25.6 Å². The van der Waals surface area contributed by atoms with Crippen LogP contribution in [0.5, 0.6) is 0 Å². The van der Waals surface area contributed by atoms with Gasteiger partial charge < -0.3 is 15.5 Å². The first-order chi connectivity index (χ1) is 14.1. The van der Waals surface area contributed by atoms with E-state index in [1.54, 1.807) is 0 Å². The minimum absolute atomic E-state index is 0.512. The lowest BCUT2D eigenvalue weighted by Gasteiger charge is -2.38. The number of hydrogen-bond donors (Lipinski definition) is 2. The molecule has 1 fully saturated rings. The molecule has 2 atom stereocenters. The number of thiophene rings is 1. The summed E-state index contributed by atoms with van der Waals surface area (Å²) in [6.07, 6.45) is 9.04. The van der Waals surface area contributed by atoms with Gasteiger partial charge in [0.2, 0.25) is 0 Å². The van der Waals surface area contributed by atoms with E-state index in [1.165, 1.54) is 62.9 Å². The molecule has 0 aromatic carbocycles. The average Bonchev–Trinajstić information content (AvgIpc) is 3.22. The van der Waals surface area contributed by atoms with Gasteiger partial charge in [0, 0.05) is 30.6 Å². The van der Waals surface area contributed by atoms with Crippen LogP contribution in [0.2, 0.25) is 0 Å². The number of guanidine groups is 1. The lowest BCUT2D eigenvalue weighted by atomic mass is 9.88. The molecule has 0 bridgehead atoms. The lowest BCUT2D eigenvalue weighted by Crippen LogP contribution is -2.40. The first-order valence-corrected chi connectivity index (χ1v) is 12.4. The maximum absolute atomic E-state index is 4.97. The first kappa shape index (κ1) is 24.2. The van der Waals surface area contributed by atoms with Crippen molar-refractivity contribution in [3.8, 4) is 0 Å². The zero-order valence-corrected chi connectivity index (χ0v) is 19.9. The van der Waals surface area contributed by atoms with Gasteiger partial charge in [0.05, 0.1) is 0 Å². The normalized spacial score (nSPS) is 20.9. The Kier molecular flexibility index (Phi) is 11.7. The Morgan fingerprint density at radius 1 is 1.21 bits per heavy atom. The van der Waals surface area contributed by atoms with Gasteiger partial charge >= 0.3 is 0 Å². The van der Waals surface area contributed by atoms with Crippen LogP contribution in [-0.2, 0) is 0 Å². The second kappa shape index (κ2) is 14.0. The summed E-state index contributed by atoms with van der Waals surface area (Å²) in [5.74, 6) is 1.58. The molecule has 29 heavy (non-hydrogen) atoms. The van der Waals surface area contributed by atoms with Gasteiger partial charge in [0.15, 0.2) is 5.96 Å². The second-order valence-corrected chi connectivity index (χ2v) is 9.54. The highest BCUT2D eigenvalue weighted by molar-refractivity contribution is 7.10. The molecule has 1 aromatic heterocycles. The molecule has 0 radical (unpaired) electrons. The Bertz CT molecular complexity index is 558. The van der Waals surface area contributed by atoms with Crippen LogP contribution >= 0.6 is 11.3 Å². The van der Waals surface area contributed by atoms with Crippen molar-refractivity contribution in [2.75, 3.05) is 53.9 Å². The topological polar surface area (TPSA) is 42.9 Å². The zero-order chi connectivity index (χ0) is 20.9. The van der Waals surface area contributed by atoms with E-state index >= 15 is 0 Å². The lowest BCUT2D eigenvalue weighted by molar-refractivity contribution is 0.128. The predicted molar refractivity (Wildman–Crippen MR) is 128 cm³/mol. The molecule has 166 valence electrons. The van der Waals surface area contributed by atoms with Crippen LogP contribution in [0.3, 0.4) is 0 Å². The van der Waals surface area contributed by atoms with E-state index in [9.17, 15) is 0 Å². The van der Waals surface area contributed by atoms with E-state index in [1.807, 2.05) is 11.3 Å². The molecule has 2 N–H and O–H groups in total. The second-order valence-electron chi connectivity index (χ2n) is 8.56. The van der Waals surface area contributed by atoms with Crippen molar-refractivity contribution < 1.29 is 0 Å². The minimum atomic E-state index is 0.512. The zero-order valence-electron chi connectivity index (χ0n) is 19.1. The summed E-state index contributed by atoms with van der Waals surface area (Å²) in [7, 11) is 6.57.